The van der Waals surface area contributed by atoms with Crippen molar-refractivity contribution in [2.75, 3.05) is 20.3 Å². The normalized spacial score (nSPS) is 52.9. The molecule has 0 unspecified atom stereocenters. The molecule has 2 aliphatic heterocycles. The number of aliphatic hydroxyl groups is 9. The van der Waals surface area contributed by atoms with Gasteiger partial charge < -0.3 is 69.6 Å². The summed E-state index contributed by atoms with van der Waals surface area (Å²) in [7, 11) is 1.20. The van der Waals surface area contributed by atoms with Gasteiger partial charge in [0.25, 0.3) is 0 Å². The summed E-state index contributed by atoms with van der Waals surface area (Å²) in [4.78, 5) is 12.5. The number of methoxy groups -OCH3 is 1. The van der Waals surface area contributed by atoms with Gasteiger partial charge in [-0.25, -0.2) is 0 Å². The van der Waals surface area contributed by atoms with Crippen molar-refractivity contribution in [2.24, 2.45) is 50.2 Å². The lowest BCUT2D eigenvalue weighted by atomic mass is 9.33. The van der Waals surface area contributed by atoms with Crippen LogP contribution in [-0.2, 0) is 28.5 Å². The number of allylic oxidation sites excluding steroid dienone is 2. The number of rotatable bonds is 8. The van der Waals surface area contributed by atoms with Crippen molar-refractivity contribution in [3.63, 3.8) is 0 Å². The molecule has 15 nitrogen and oxygen atoms in total. The summed E-state index contributed by atoms with van der Waals surface area (Å²) in [5.41, 5.74) is -0.997. The molecule has 9 N–H and O–H groups in total. The highest BCUT2D eigenvalue weighted by atomic mass is 16.7. The molecule has 7 aliphatic rings. The number of esters is 1. The Morgan fingerprint density at radius 1 is 0.746 bits per heavy atom. The quantitative estimate of drug-likeness (QED) is 0.0951. The molecule has 2 saturated heterocycles. The van der Waals surface area contributed by atoms with Crippen LogP contribution in [-0.4, -0.2) is 152 Å². The third-order valence-corrected chi connectivity index (χ3v) is 17.8. The van der Waals surface area contributed by atoms with Crippen LogP contribution in [0.3, 0.4) is 0 Å². The molecule has 0 aromatic heterocycles. The average molecular weight is 841 g/mol. The molecule has 4 saturated carbocycles. The number of ether oxygens (including phenoxy) is 5. The summed E-state index contributed by atoms with van der Waals surface area (Å²) in [6, 6.07) is 0. The van der Waals surface area contributed by atoms with E-state index in [2.05, 4.69) is 54.5 Å². The fraction of sp³-hybridized carbons (Fsp3) is 0.932. The van der Waals surface area contributed by atoms with Gasteiger partial charge in [0.2, 0.25) is 0 Å². The van der Waals surface area contributed by atoms with Gasteiger partial charge in [0.05, 0.1) is 56.6 Å². The van der Waals surface area contributed by atoms with Crippen LogP contribution in [0.1, 0.15) is 106 Å². The van der Waals surface area contributed by atoms with Crippen LogP contribution in [0.5, 0.6) is 0 Å². The summed E-state index contributed by atoms with van der Waals surface area (Å²) in [5, 5.41) is 98.9. The van der Waals surface area contributed by atoms with E-state index in [9.17, 15) is 50.8 Å². The smallest absolute Gasteiger partial charge is 0.308 e. The van der Waals surface area contributed by atoms with Gasteiger partial charge in [-0.05, 0) is 96.2 Å². The number of fused-ring (bicyclic) bond motifs is 7. The molecule has 0 amide bonds. The van der Waals surface area contributed by atoms with Crippen molar-refractivity contribution in [3.05, 3.63) is 11.6 Å². The van der Waals surface area contributed by atoms with E-state index < -0.39 is 110 Å². The van der Waals surface area contributed by atoms with Crippen molar-refractivity contribution in [2.45, 2.75) is 186 Å². The van der Waals surface area contributed by atoms with Crippen molar-refractivity contribution in [3.8, 4) is 0 Å². The maximum absolute atomic E-state index is 12.5. The Hall–Kier alpha value is -1.31. The van der Waals surface area contributed by atoms with E-state index in [-0.39, 0.29) is 46.0 Å². The number of hydrogen-bond acceptors (Lipinski definition) is 15. The first-order valence-corrected chi connectivity index (χ1v) is 21.8. The van der Waals surface area contributed by atoms with Crippen LogP contribution in [0.4, 0.5) is 0 Å². The van der Waals surface area contributed by atoms with Crippen LogP contribution < -0.4 is 0 Å². The van der Waals surface area contributed by atoms with Crippen LogP contribution in [0, 0.1) is 50.2 Å². The monoisotopic (exact) mass is 840 g/mol. The average Bonchev–Trinajstić information content (AvgIpc) is 3.16. The molecule has 59 heavy (non-hydrogen) atoms. The Morgan fingerprint density at radius 2 is 1.39 bits per heavy atom. The molecule has 0 bridgehead atoms. The summed E-state index contributed by atoms with van der Waals surface area (Å²) in [5.74, 6) is -0.403. The van der Waals surface area contributed by atoms with Gasteiger partial charge in [0, 0.05) is 0 Å². The first-order valence-electron chi connectivity index (χ1n) is 21.8. The predicted octanol–water partition coefficient (Wildman–Crippen LogP) is 1.30. The highest BCUT2D eigenvalue weighted by Gasteiger charge is 2.71. The van der Waals surface area contributed by atoms with Gasteiger partial charge in [-0.2, -0.15) is 0 Å². The van der Waals surface area contributed by atoms with Crippen molar-refractivity contribution >= 4 is 5.97 Å². The Balaban J connectivity index is 1.14. The minimum atomic E-state index is -1.80. The van der Waals surface area contributed by atoms with E-state index in [1.807, 2.05) is 0 Å². The molecule has 0 aromatic rings. The van der Waals surface area contributed by atoms with Gasteiger partial charge in [-0.1, -0.05) is 60.1 Å². The van der Waals surface area contributed by atoms with E-state index in [1.165, 1.54) is 12.7 Å². The molecule has 15 heteroatoms. The van der Waals surface area contributed by atoms with E-state index in [0.29, 0.717) is 19.3 Å². The summed E-state index contributed by atoms with van der Waals surface area (Å²) >= 11 is 0. The Kier molecular flexibility index (Phi) is 12.2. The molecular weight excluding hydrogens is 768 g/mol. The number of aliphatic hydroxyl groups excluding tert-OH is 9. The molecule has 338 valence electrons. The predicted molar refractivity (Wildman–Crippen MR) is 210 cm³/mol. The number of carbonyl (C=O) groups excluding carboxylic acids is 1. The van der Waals surface area contributed by atoms with E-state index in [0.717, 1.165) is 32.1 Å². The van der Waals surface area contributed by atoms with E-state index in [4.69, 9.17) is 23.7 Å². The van der Waals surface area contributed by atoms with Gasteiger partial charge in [0.1, 0.15) is 42.7 Å². The third kappa shape index (κ3) is 6.91. The lowest BCUT2D eigenvalue weighted by Gasteiger charge is -2.72. The molecule has 7 rings (SSSR count). The van der Waals surface area contributed by atoms with Crippen molar-refractivity contribution in [1.29, 1.82) is 0 Å². The Bertz CT molecular complexity index is 1590. The van der Waals surface area contributed by atoms with Crippen molar-refractivity contribution in [1.82, 2.24) is 0 Å². The fourth-order valence-electron chi connectivity index (χ4n) is 14.2. The van der Waals surface area contributed by atoms with Gasteiger partial charge >= 0.3 is 5.97 Å². The second kappa shape index (κ2) is 15.7. The summed E-state index contributed by atoms with van der Waals surface area (Å²) in [6.07, 6.45) is -9.97. The van der Waals surface area contributed by atoms with Crippen LogP contribution in [0.2, 0.25) is 0 Å². The van der Waals surface area contributed by atoms with E-state index in [1.54, 1.807) is 0 Å². The first kappa shape index (κ1) is 45.7. The molecule has 5 aliphatic carbocycles. The zero-order valence-electron chi connectivity index (χ0n) is 36.1. The summed E-state index contributed by atoms with van der Waals surface area (Å²) in [6.45, 7) is 14.8. The number of carbonyl (C=O) groups is 1. The van der Waals surface area contributed by atoms with Crippen LogP contribution in [0.15, 0.2) is 11.6 Å². The Labute approximate surface area is 348 Å². The van der Waals surface area contributed by atoms with Gasteiger partial charge in [-0.15, -0.1) is 0 Å². The lowest BCUT2D eigenvalue weighted by molar-refractivity contribution is -0.368. The third-order valence-electron chi connectivity index (χ3n) is 17.8. The van der Waals surface area contributed by atoms with Crippen molar-refractivity contribution < 1.29 is 74.4 Å². The summed E-state index contributed by atoms with van der Waals surface area (Å²) < 4.78 is 29.2. The van der Waals surface area contributed by atoms with E-state index >= 15 is 0 Å². The molecule has 2 heterocycles. The standard InChI is InChI=1S/C44H72O15/c1-39(2)16-22-21-9-10-26-41(5)13-12-29(40(3,4)25(41)11-14-42(26,6)43(21,7)18-28(48)44(22,20-46)27(47)17-39)58-38-35(54)36(32(51)23(56-38)15-30(49)55-8)59-37-34(53)33(52)31(50)24(19-45)57-37/h9,22-29,31-38,45-48,50-54H,10-20H2,1-8H3/t22-,23+,24+,25-,26+,27-,28-,29-,31+,32+,33-,34+,35+,36-,37-,38-,41-,42+,43+,44+/m0/s1. The van der Waals surface area contributed by atoms with Gasteiger partial charge in [-0.3, -0.25) is 4.79 Å². The molecule has 0 spiro atoms. The second-order valence-electron chi connectivity index (χ2n) is 21.5. The highest BCUT2D eigenvalue weighted by Crippen LogP contribution is 2.76. The highest BCUT2D eigenvalue weighted by molar-refractivity contribution is 5.69. The topological polar surface area (TPSA) is 245 Å². The molecule has 6 fully saturated rings. The van der Waals surface area contributed by atoms with Crippen LogP contribution in [0.25, 0.3) is 0 Å². The maximum Gasteiger partial charge on any atom is 0.308 e. The first-order chi connectivity index (χ1) is 27.5. The maximum atomic E-state index is 12.5. The minimum Gasteiger partial charge on any atom is -0.469 e. The number of hydrogen-bond donors (Lipinski definition) is 9. The second-order valence-corrected chi connectivity index (χ2v) is 21.5. The zero-order chi connectivity index (χ0) is 43.4. The molecule has 20 atom stereocenters. The minimum absolute atomic E-state index is 0.138. The zero-order valence-corrected chi connectivity index (χ0v) is 36.1. The largest absolute Gasteiger partial charge is 0.469 e. The molecule has 0 radical (unpaired) electrons. The molecule has 0 aromatic carbocycles. The lowest BCUT2D eigenvalue weighted by Crippen LogP contribution is -2.69. The van der Waals surface area contributed by atoms with Gasteiger partial charge in [0.15, 0.2) is 12.6 Å². The molecular formula is C44H72O15. The SMILES string of the molecule is COC(=O)C[C@H]1O[C@@H](O[C@H]2CC[C@]3(C)[C@H]4CC=C5[C@@H]6CC(C)(C)C[C@H](O)[C@]6(CO)[C@@H](O)C[C@@]5(C)[C@]4(C)CC[C@H]3C2(C)C)[C@H](O)[C@@H](O[C@@H]2O[C@H](CO)[C@@H](O)[C@H](O)[C@H]2O)[C@@H]1O. The fourth-order valence-corrected chi connectivity index (χ4v) is 14.2. The Morgan fingerprint density at radius 3 is 2.03 bits per heavy atom. The van der Waals surface area contributed by atoms with Crippen LogP contribution >= 0.6 is 0 Å².